The predicted molar refractivity (Wildman–Crippen MR) is 37.7 cm³/mol. The zero-order chi connectivity index (χ0) is 10.6. The molecule has 7 heteroatoms. The van der Waals surface area contributed by atoms with E-state index < -0.39 is 36.7 Å². The van der Waals surface area contributed by atoms with Crippen LogP contribution in [0.4, 0.5) is 0 Å². The second-order valence-electron chi connectivity index (χ2n) is 2.62. The maximum Gasteiger partial charge on any atom is 0.306 e. The van der Waals surface area contributed by atoms with Gasteiger partial charge in [-0.25, -0.2) is 0 Å². The van der Waals surface area contributed by atoms with Gasteiger partial charge in [-0.2, -0.15) is 0 Å². The first-order chi connectivity index (χ1) is 5.78. The Morgan fingerprint density at radius 2 is 1.38 bits per heavy atom. The summed E-state index contributed by atoms with van der Waals surface area (Å²) in [4.78, 5) is 20.3. The summed E-state index contributed by atoms with van der Waals surface area (Å²) in [5.74, 6) is -3.03. The Bertz CT molecular complexity index is 193. The molecule has 0 heterocycles. The first-order valence-corrected chi connectivity index (χ1v) is 3.30. The molecule has 0 saturated carbocycles. The van der Waals surface area contributed by atoms with Gasteiger partial charge < -0.3 is 25.5 Å². The summed E-state index contributed by atoms with van der Waals surface area (Å²) in [5, 5.41) is 42.7. The highest BCUT2D eigenvalue weighted by atomic mass is 16.5. The van der Waals surface area contributed by atoms with Crippen LogP contribution in [0.2, 0.25) is 0 Å². The van der Waals surface area contributed by atoms with Gasteiger partial charge in [-0.15, -0.1) is 0 Å². The molecule has 0 rings (SSSR count). The number of carbonyl (C=O) groups is 2. The fourth-order valence-corrected chi connectivity index (χ4v) is 0.769. The van der Waals surface area contributed by atoms with E-state index in [-0.39, 0.29) is 0 Å². The van der Waals surface area contributed by atoms with E-state index in [9.17, 15) is 9.59 Å². The smallest absolute Gasteiger partial charge is 0.306 e. The van der Waals surface area contributed by atoms with Crippen LogP contribution in [0, 0.1) is 0 Å². The summed E-state index contributed by atoms with van der Waals surface area (Å²) in [6.07, 6.45) is -4.49. The summed E-state index contributed by atoms with van der Waals surface area (Å²) in [6.45, 7) is 0. The Morgan fingerprint density at radius 3 is 1.54 bits per heavy atom. The summed E-state index contributed by atoms with van der Waals surface area (Å²) in [6, 6.07) is 0. The Balaban J connectivity index is 4.52. The molecule has 0 spiro atoms. The molecule has 0 amide bonds. The maximum atomic E-state index is 10.1. The van der Waals surface area contributed by atoms with Crippen molar-refractivity contribution in [1.82, 2.24) is 0 Å². The maximum absolute atomic E-state index is 10.1. The highest BCUT2D eigenvalue weighted by Gasteiger charge is 2.39. The van der Waals surface area contributed by atoms with E-state index >= 15 is 0 Å². The van der Waals surface area contributed by atoms with E-state index in [0.717, 1.165) is 0 Å². The zero-order valence-corrected chi connectivity index (χ0v) is 6.54. The molecule has 0 radical (unpaired) electrons. The minimum atomic E-state index is -2.54. The van der Waals surface area contributed by atoms with Crippen molar-refractivity contribution in [3.8, 4) is 0 Å². The van der Waals surface area contributed by atoms with Gasteiger partial charge in [0.05, 0.1) is 12.8 Å². The molecule has 13 heavy (non-hydrogen) atoms. The summed E-state index contributed by atoms with van der Waals surface area (Å²) in [5.41, 5.74) is -2.54. The third-order valence-corrected chi connectivity index (χ3v) is 1.40. The van der Waals surface area contributed by atoms with E-state index in [0.29, 0.717) is 0 Å². The molecule has 7 nitrogen and oxygen atoms in total. The molecule has 0 fully saturated rings. The van der Waals surface area contributed by atoms with Crippen molar-refractivity contribution in [3.63, 3.8) is 0 Å². The van der Waals surface area contributed by atoms with Gasteiger partial charge in [0.1, 0.15) is 5.60 Å². The zero-order valence-electron chi connectivity index (χ0n) is 6.54. The average molecular weight is 194 g/mol. The van der Waals surface area contributed by atoms with Gasteiger partial charge in [0.25, 0.3) is 0 Å². The number of carboxylic acid groups (broad SMARTS) is 2. The van der Waals surface area contributed by atoms with Crippen LogP contribution >= 0.6 is 0 Å². The Hall–Kier alpha value is -1.18. The lowest BCUT2D eigenvalue weighted by molar-refractivity contribution is -0.200. The van der Waals surface area contributed by atoms with Gasteiger partial charge >= 0.3 is 11.9 Å². The van der Waals surface area contributed by atoms with Crippen molar-refractivity contribution in [2.45, 2.75) is 24.7 Å². The molecule has 5 N–H and O–H groups in total. The first kappa shape index (κ1) is 11.8. The normalized spacial score (nSPS) is 11.7. The third-order valence-electron chi connectivity index (χ3n) is 1.40. The van der Waals surface area contributed by atoms with E-state index in [1.807, 2.05) is 0 Å². The molecule has 0 aromatic heterocycles. The molecular weight excluding hydrogens is 184 g/mol. The van der Waals surface area contributed by atoms with Crippen molar-refractivity contribution in [2.24, 2.45) is 0 Å². The molecule has 0 saturated heterocycles. The lowest BCUT2D eigenvalue weighted by Crippen LogP contribution is -2.45. The van der Waals surface area contributed by atoms with E-state index in [1.165, 1.54) is 0 Å². The van der Waals surface area contributed by atoms with Gasteiger partial charge in [0.15, 0.2) is 6.29 Å². The molecular formula is C6H10O7. The topological polar surface area (TPSA) is 135 Å². The van der Waals surface area contributed by atoms with Crippen LogP contribution in [-0.2, 0) is 9.59 Å². The Kier molecular flexibility index (Phi) is 3.79. The number of rotatable bonds is 5. The van der Waals surface area contributed by atoms with Crippen LogP contribution in [-0.4, -0.2) is 49.4 Å². The molecule has 0 aromatic carbocycles. The van der Waals surface area contributed by atoms with Crippen molar-refractivity contribution < 1.29 is 35.1 Å². The lowest BCUT2D eigenvalue weighted by Gasteiger charge is -2.25. The summed E-state index contributed by atoms with van der Waals surface area (Å²) in [7, 11) is 0. The van der Waals surface area contributed by atoms with Crippen molar-refractivity contribution >= 4 is 11.9 Å². The first-order valence-electron chi connectivity index (χ1n) is 3.30. The number of hydrogen-bond acceptors (Lipinski definition) is 5. The van der Waals surface area contributed by atoms with Crippen molar-refractivity contribution in [3.05, 3.63) is 0 Å². The van der Waals surface area contributed by atoms with Crippen LogP contribution in [0.15, 0.2) is 0 Å². The van der Waals surface area contributed by atoms with E-state index in [4.69, 9.17) is 25.5 Å². The molecule has 0 aliphatic carbocycles. The van der Waals surface area contributed by atoms with Crippen molar-refractivity contribution in [2.75, 3.05) is 0 Å². The quantitative estimate of drug-likeness (QED) is 0.318. The third kappa shape index (κ3) is 3.83. The number of aliphatic hydroxyl groups excluding tert-OH is 1. The molecule has 76 valence electrons. The van der Waals surface area contributed by atoms with Crippen LogP contribution in [0.5, 0.6) is 0 Å². The van der Waals surface area contributed by atoms with Crippen molar-refractivity contribution in [1.29, 1.82) is 0 Å². The average Bonchev–Trinajstić information content (AvgIpc) is 1.82. The molecule has 0 atom stereocenters. The minimum absolute atomic E-state index is 1.04. The number of hydrogen-bond donors (Lipinski definition) is 5. The molecule has 0 unspecified atom stereocenters. The number of aliphatic hydroxyl groups is 3. The predicted octanol–water partition coefficient (Wildman–Crippen LogP) is -2.02. The van der Waals surface area contributed by atoms with Crippen LogP contribution in [0.3, 0.4) is 0 Å². The second-order valence-corrected chi connectivity index (χ2v) is 2.62. The fourth-order valence-electron chi connectivity index (χ4n) is 0.769. The monoisotopic (exact) mass is 194 g/mol. The van der Waals surface area contributed by atoms with E-state index in [2.05, 4.69) is 0 Å². The minimum Gasteiger partial charge on any atom is -0.481 e. The Morgan fingerprint density at radius 1 is 1.08 bits per heavy atom. The largest absolute Gasteiger partial charge is 0.481 e. The molecule has 0 aromatic rings. The lowest BCUT2D eigenvalue weighted by atomic mass is 9.95. The SMILES string of the molecule is O=C(O)CC(O)(CC(=O)O)C(O)O. The highest BCUT2D eigenvalue weighted by molar-refractivity contribution is 5.72. The van der Waals surface area contributed by atoms with Crippen LogP contribution < -0.4 is 0 Å². The van der Waals surface area contributed by atoms with Crippen LogP contribution in [0.25, 0.3) is 0 Å². The molecule has 0 bridgehead atoms. The standard InChI is InChI=1S/C6H10O7/c7-3(8)1-6(13,5(11)12)2-4(9)10/h5,11-13H,1-2H2,(H,7,8)(H,9,10). The van der Waals surface area contributed by atoms with Gasteiger partial charge in [0, 0.05) is 0 Å². The summed E-state index contributed by atoms with van der Waals surface area (Å²) >= 11 is 0. The van der Waals surface area contributed by atoms with Crippen LogP contribution in [0.1, 0.15) is 12.8 Å². The van der Waals surface area contributed by atoms with Gasteiger partial charge in [-0.05, 0) is 0 Å². The number of aliphatic carboxylic acids is 2. The Labute approximate surface area is 72.9 Å². The summed E-state index contributed by atoms with van der Waals surface area (Å²) < 4.78 is 0. The van der Waals surface area contributed by atoms with E-state index in [1.54, 1.807) is 0 Å². The molecule has 0 aliphatic heterocycles. The van der Waals surface area contributed by atoms with Gasteiger partial charge in [-0.3, -0.25) is 9.59 Å². The highest BCUT2D eigenvalue weighted by Crippen LogP contribution is 2.18. The van der Waals surface area contributed by atoms with Gasteiger partial charge in [0.2, 0.25) is 0 Å². The number of carboxylic acids is 2. The molecule has 0 aliphatic rings. The second kappa shape index (κ2) is 4.17. The van der Waals surface area contributed by atoms with Gasteiger partial charge in [-0.1, -0.05) is 0 Å². The fraction of sp³-hybridized carbons (Fsp3) is 0.667.